The Bertz CT molecular complexity index is 1020. The van der Waals surface area contributed by atoms with E-state index in [0.717, 1.165) is 22.6 Å². The van der Waals surface area contributed by atoms with Gasteiger partial charge in [-0.2, -0.15) is 0 Å². The fourth-order valence-electron chi connectivity index (χ4n) is 3.94. The van der Waals surface area contributed by atoms with E-state index in [9.17, 15) is 18.8 Å². The third-order valence-electron chi connectivity index (χ3n) is 5.31. The Kier molecular flexibility index (Phi) is 4.37. The van der Waals surface area contributed by atoms with Crippen LogP contribution in [0.25, 0.3) is 0 Å². The quantitative estimate of drug-likeness (QED) is 0.830. The molecule has 7 heteroatoms. The number of hydrogen-bond donors (Lipinski definition) is 1. The number of halogens is 1. The molecule has 0 aliphatic carbocycles. The number of fused-ring (bicyclic) bond motifs is 2. The summed E-state index contributed by atoms with van der Waals surface area (Å²) in [7, 11) is 1.43. The highest BCUT2D eigenvalue weighted by molar-refractivity contribution is 6.21. The van der Waals surface area contributed by atoms with E-state index in [1.54, 1.807) is 18.2 Å². The third-order valence-corrected chi connectivity index (χ3v) is 5.31. The van der Waals surface area contributed by atoms with E-state index in [1.165, 1.54) is 19.2 Å². The predicted molar refractivity (Wildman–Crippen MR) is 103 cm³/mol. The van der Waals surface area contributed by atoms with Crippen LogP contribution in [0, 0.1) is 12.7 Å². The minimum Gasteiger partial charge on any atom is -0.362 e. The van der Waals surface area contributed by atoms with Crippen LogP contribution in [0.3, 0.4) is 0 Å². The lowest BCUT2D eigenvalue weighted by Gasteiger charge is -2.32. The van der Waals surface area contributed by atoms with Crippen LogP contribution in [0.2, 0.25) is 0 Å². The number of anilines is 2. The van der Waals surface area contributed by atoms with Crippen molar-refractivity contribution in [3.05, 3.63) is 58.4 Å². The summed E-state index contributed by atoms with van der Waals surface area (Å²) in [4.78, 5) is 39.6. The van der Waals surface area contributed by atoms with Crippen LogP contribution in [0.4, 0.5) is 15.8 Å². The van der Waals surface area contributed by atoms with Crippen LogP contribution in [0.1, 0.15) is 38.3 Å². The third kappa shape index (κ3) is 2.93. The molecule has 0 atom stereocenters. The van der Waals surface area contributed by atoms with Crippen molar-refractivity contribution in [3.8, 4) is 0 Å². The molecule has 4 rings (SSSR count). The predicted octanol–water partition coefficient (Wildman–Crippen LogP) is 2.75. The van der Waals surface area contributed by atoms with E-state index in [4.69, 9.17) is 0 Å². The monoisotopic (exact) mass is 381 g/mol. The summed E-state index contributed by atoms with van der Waals surface area (Å²) in [6.45, 7) is 2.67. The lowest BCUT2D eigenvalue weighted by Crippen LogP contribution is -2.37. The highest BCUT2D eigenvalue weighted by Gasteiger charge is 2.33. The Labute approximate surface area is 161 Å². The molecule has 0 fully saturated rings. The number of hydrogen-bond acceptors (Lipinski definition) is 4. The summed E-state index contributed by atoms with van der Waals surface area (Å²) in [5.41, 5.74) is 3.46. The van der Waals surface area contributed by atoms with Crippen LogP contribution >= 0.6 is 0 Å². The molecule has 0 bridgehead atoms. The average Bonchev–Trinajstić information content (AvgIpc) is 2.89. The molecule has 0 saturated heterocycles. The zero-order valence-corrected chi connectivity index (χ0v) is 15.7. The molecular weight excluding hydrogens is 361 g/mol. The van der Waals surface area contributed by atoms with Gasteiger partial charge in [0, 0.05) is 30.5 Å². The minimum absolute atomic E-state index is 0.0845. The molecule has 1 N–H and O–H groups in total. The van der Waals surface area contributed by atoms with E-state index in [1.807, 2.05) is 11.8 Å². The minimum atomic E-state index is -0.382. The van der Waals surface area contributed by atoms with Crippen molar-refractivity contribution >= 4 is 29.1 Å². The number of benzene rings is 2. The second-order valence-corrected chi connectivity index (χ2v) is 7.19. The van der Waals surface area contributed by atoms with Gasteiger partial charge >= 0.3 is 0 Å². The van der Waals surface area contributed by atoms with E-state index >= 15 is 0 Å². The maximum Gasteiger partial charge on any atom is 0.261 e. The number of nitrogens with zero attached hydrogens (tertiary/aromatic N) is 2. The van der Waals surface area contributed by atoms with Crippen LogP contribution < -0.4 is 10.2 Å². The van der Waals surface area contributed by atoms with Gasteiger partial charge < -0.3 is 10.2 Å². The van der Waals surface area contributed by atoms with Gasteiger partial charge in [0.05, 0.1) is 17.7 Å². The fraction of sp³-hybridized carbons (Fsp3) is 0.286. The van der Waals surface area contributed by atoms with E-state index < -0.39 is 0 Å². The smallest absolute Gasteiger partial charge is 0.261 e. The van der Waals surface area contributed by atoms with Gasteiger partial charge in [-0.15, -0.1) is 0 Å². The SMILES string of the molecule is Cc1ccc(F)c2c1N(CC(=O)Nc1ccc3c(c1)C(=O)N(C)C3=O)CCC2. The lowest BCUT2D eigenvalue weighted by atomic mass is 9.97. The average molecular weight is 381 g/mol. The summed E-state index contributed by atoms with van der Waals surface area (Å²) >= 11 is 0. The first-order chi connectivity index (χ1) is 13.4. The van der Waals surface area contributed by atoms with E-state index in [-0.39, 0.29) is 35.6 Å². The highest BCUT2D eigenvalue weighted by atomic mass is 19.1. The molecule has 2 aliphatic heterocycles. The Morgan fingerprint density at radius 1 is 1.14 bits per heavy atom. The molecule has 2 heterocycles. The van der Waals surface area contributed by atoms with Crippen molar-refractivity contribution in [2.75, 3.05) is 30.4 Å². The Morgan fingerprint density at radius 2 is 1.89 bits per heavy atom. The number of carbonyl (C=O) groups excluding carboxylic acids is 3. The summed E-state index contributed by atoms with van der Waals surface area (Å²) < 4.78 is 14.1. The molecule has 0 unspecified atom stereocenters. The van der Waals surface area contributed by atoms with Gasteiger partial charge in [-0.3, -0.25) is 19.3 Å². The maximum atomic E-state index is 14.1. The number of amides is 3. The molecule has 6 nitrogen and oxygen atoms in total. The molecule has 2 aliphatic rings. The highest BCUT2D eigenvalue weighted by Crippen LogP contribution is 2.32. The summed E-state index contributed by atoms with van der Waals surface area (Å²) in [6.07, 6.45) is 1.44. The zero-order chi connectivity index (χ0) is 20.0. The molecule has 0 saturated carbocycles. The second kappa shape index (κ2) is 6.74. The van der Waals surface area contributed by atoms with Crippen LogP contribution in [-0.4, -0.2) is 42.8 Å². The molecule has 2 aromatic rings. The van der Waals surface area contributed by atoms with Crippen molar-refractivity contribution in [3.63, 3.8) is 0 Å². The molecule has 28 heavy (non-hydrogen) atoms. The first kappa shape index (κ1) is 18.2. The van der Waals surface area contributed by atoms with Gasteiger partial charge in [0.25, 0.3) is 11.8 Å². The van der Waals surface area contributed by atoms with Crippen LogP contribution in [-0.2, 0) is 11.2 Å². The Morgan fingerprint density at radius 3 is 2.68 bits per heavy atom. The summed E-state index contributed by atoms with van der Waals surface area (Å²) in [5, 5.41) is 2.78. The van der Waals surface area contributed by atoms with Crippen molar-refractivity contribution in [2.45, 2.75) is 19.8 Å². The van der Waals surface area contributed by atoms with Gasteiger partial charge in [-0.05, 0) is 49.6 Å². The van der Waals surface area contributed by atoms with Gasteiger partial charge in [0.1, 0.15) is 5.82 Å². The van der Waals surface area contributed by atoms with E-state index in [2.05, 4.69) is 5.32 Å². The van der Waals surface area contributed by atoms with Crippen molar-refractivity contribution in [1.29, 1.82) is 0 Å². The molecule has 144 valence electrons. The molecule has 0 aromatic heterocycles. The first-order valence-electron chi connectivity index (χ1n) is 9.16. The van der Waals surface area contributed by atoms with Gasteiger partial charge in [-0.25, -0.2) is 4.39 Å². The topological polar surface area (TPSA) is 69.7 Å². The van der Waals surface area contributed by atoms with E-state index in [0.29, 0.717) is 29.8 Å². The van der Waals surface area contributed by atoms with Crippen molar-refractivity contribution in [2.24, 2.45) is 0 Å². The lowest BCUT2D eigenvalue weighted by molar-refractivity contribution is -0.115. The summed E-state index contributed by atoms with van der Waals surface area (Å²) in [5.74, 6) is -1.23. The standard InChI is InChI=1S/C21H20FN3O3/c1-12-5-8-17(22)15-4-3-9-25(19(12)15)11-18(26)23-13-6-7-14-16(10-13)21(28)24(2)20(14)27/h5-8,10H,3-4,9,11H2,1-2H3,(H,23,26). The number of rotatable bonds is 3. The molecule has 3 amide bonds. The Hall–Kier alpha value is -3.22. The second-order valence-electron chi connectivity index (χ2n) is 7.19. The van der Waals surface area contributed by atoms with Gasteiger partial charge in [0.15, 0.2) is 0 Å². The number of imide groups is 1. The van der Waals surface area contributed by atoms with Crippen LogP contribution in [0.15, 0.2) is 30.3 Å². The normalized spacial score (nSPS) is 15.5. The molecule has 0 spiro atoms. The zero-order valence-electron chi connectivity index (χ0n) is 15.7. The Balaban J connectivity index is 1.52. The molecular formula is C21H20FN3O3. The van der Waals surface area contributed by atoms with Gasteiger partial charge in [-0.1, -0.05) is 6.07 Å². The molecule has 0 radical (unpaired) electrons. The summed E-state index contributed by atoms with van der Waals surface area (Å²) in [6, 6.07) is 7.87. The largest absolute Gasteiger partial charge is 0.362 e. The maximum absolute atomic E-state index is 14.1. The van der Waals surface area contributed by atoms with Gasteiger partial charge in [0.2, 0.25) is 5.91 Å². The number of carbonyl (C=O) groups is 3. The molecule has 2 aromatic carbocycles. The first-order valence-corrected chi connectivity index (χ1v) is 9.16. The fourth-order valence-corrected chi connectivity index (χ4v) is 3.94. The number of aryl methyl sites for hydroxylation is 1. The van der Waals surface area contributed by atoms with Crippen molar-refractivity contribution in [1.82, 2.24) is 4.90 Å². The van der Waals surface area contributed by atoms with Crippen molar-refractivity contribution < 1.29 is 18.8 Å². The number of nitrogens with one attached hydrogen (secondary N) is 1. The van der Waals surface area contributed by atoms with Crippen LogP contribution in [0.5, 0.6) is 0 Å².